The van der Waals surface area contributed by atoms with Crippen LogP contribution < -0.4 is 4.74 Å². The Balaban J connectivity index is 2.89. The van der Waals surface area contributed by atoms with Crippen molar-refractivity contribution >= 4 is 0 Å². The van der Waals surface area contributed by atoms with E-state index in [1.54, 1.807) is 6.08 Å². The number of aryl methyl sites for hydroxylation is 1. The van der Waals surface area contributed by atoms with Gasteiger partial charge in [-0.25, -0.2) is 0 Å². The lowest BCUT2D eigenvalue weighted by atomic mass is 10.00. The molecule has 0 saturated carbocycles. The zero-order valence-corrected chi connectivity index (χ0v) is 17.1. The third-order valence-corrected chi connectivity index (χ3v) is 4.42. The van der Waals surface area contributed by atoms with Crippen molar-refractivity contribution in [3.8, 4) is 11.5 Å². The molecule has 0 aromatic heterocycles. The Labute approximate surface area is 160 Å². The SMILES string of the molecule is C=CCOc1cc(CCCCC)cc(O)c1CC=C(C)CCC=C(C)C. The molecule has 0 unspecified atom stereocenters. The third kappa shape index (κ3) is 8.42. The Kier molecular flexibility index (Phi) is 10.5. The number of ether oxygens (including phenoxy) is 1. The number of allylic oxidation sites excluding steroid dienone is 4. The summed E-state index contributed by atoms with van der Waals surface area (Å²) in [7, 11) is 0. The fourth-order valence-electron chi connectivity index (χ4n) is 2.86. The van der Waals surface area contributed by atoms with Gasteiger partial charge in [0.05, 0.1) is 0 Å². The van der Waals surface area contributed by atoms with Crippen LogP contribution >= 0.6 is 0 Å². The first-order valence-electron chi connectivity index (χ1n) is 9.85. The monoisotopic (exact) mass is 356 g/mol. The molecule has 2 nitrogen and oxygen atoms in total. The number of phenolic OH excluding ortho intramolecular Hbond substituents is 1. The van der Waals surface area contributed by atoms with E-state index in [0.717, 1.165) is 42.6 Å². The van der Waals surface area contributed by atoms with Crippen LogP contribution in [0.1, 0.15) is 70.9 Å². The lowest BCUT2D eigenvalue weighted by Crippen LogP contribution is -2.00. The second kappa shape index (κ2) is 12.4. The molecule has 2 heteroatoms. The molecule has 0 bridgehead atoms. The van der Waals surface area contributed by atoms with E-state index in [2.05, 4.69) is 52.5 Å². The topological polar surface area (TPSA) is 29.5 Å². The molecule has 144 valence electrons. The molecule has 1 rings (SSSR count). The normalized spacial score (nSPS) is 11.3. The Morgan fingerprint density at radius 1 is 1.15 bits per heavy atom. The standard InChI is InChI=1S/C24H36O2/c1-6-8-9-13-21-17-23(25)22(24(18-21)26-16-7-2)15-14-20(5)12-10-11-19(3)4/h7,11,14,17-18,25H,2,6,8-10,12-13,15-16H2,1,3-5H3. The summed E-state index contributed by atoms with van der Waals surface area (Å²) < 4.78 is 5.84. The van der Waals surface area contributed by atoms with E-state index < -0.39 is 0 Å². The zero-order chi connectivity index (χ0) is 19.4. The fourth-order valence-corrected chi connectivity index (χ4v) is 2.86. The van der Waals surface area contributed by atoms with E-state index in [0.29, 0.717) is 18.8 Å². The second-order valence-corrected chi connectivity index (χ2v) is 7.22. The second-order valence-electron chi connectivity index (χ2n) is 7.22. The molecule has 0 atom stereocenters. The van der Waals surface area contributed by atoms with Gasteiger partial charge in [-0.2, -0.15) is 0 Å². The Morgan fingerprint density at radius 3 is 2.58 bits per heavy atom. The number of aromatic hydroxyl groups is 1. The lowest BCUT2D eigenvalue weighted by molar-refractivity contribution is 0.354. The molecule has 0 saturated heterocycles. The maximum Gasteiger partial charge on any atom is 0.127 e. The van der Waals surface area contributed by atoms with Gasteiger partial charge >= 0.3 is 0 Å². The van der Waals surface area contributed by atoms with Gasteiger partial charge in [0.25, 0.3) is 0 Å². The minimum atomic E-state index is 0.339. The van der Waals surface area contributed by atoms with Crippen LogP contribution in [0.3, 0.4) is 0 Å². The van der Waals surface area contributed by atoms with E-state index in [1.165, 1.54) is 24.0 Å². The van der Waals surface area contributed by atoms with Crippen LogP contribution in [-0.4, -0.2) is 11.7 Å². The van der Waals surface area contributed by atoms with Crippen LogP contribution in [0.25, 0.3) is 0 Å². The highest BCUT2D eigenvalue weighted by molar-refractivity contribution is 5.48. The zero-order valence-electron chi connectivity index (χ0n) is 17.1. The predicted molar refractivity (Wildman–Crippen MR) is 113 cm³/mol. The van der Waals surface area contributed by atoms with Crippen molar-refractivity contribution < 1.29 is 9.84 Å². The molecule has 0 aliphatic carbocycles. The van der Waals surface area contributed by atoms with Crippen molar-refractivity contribution in [2.24, 2.45) is 0 Å². The average molecular weight is 357 g/mol. The van der Waals surface area contributed by atoms with E-state index in [4.69, 9.17) is 4.74 Å². The fraction of sp³-hybridized carbons (Fsp3) is 0.500. The average Bonchev–Trinajstić information content (AvgIpc) is 2.58. The van der Waals surface area contributed by atoms with E-state index in [-0.39, 0.29) is 0 Å². The van der Waals surface area contributed by atoms with Crippen molar-refractivity contribution in [3.05, 3.63) is 59.2 Å². The summed E-state index contributed by atoms with van der Waals surface area (Å²) in [4.78, 5) is 0. The molecule has 0 fully saturated rings. The maximum absolute atomic E-state index is 10.5. The molecule has 0 radical (unpaired) electrons. The molecule has 0 aliphatic heterocycles. The van der Waals surface area contributed by atoms with E-state index in [1.807, 2.05) is 6.07 Å². The largest absolute Gasteiger partial charge is 0.508 e. The summed E-state index contributed by atoms with van der Waals surface area (Å²) in [5.41, 5.74) is 4.70. The minimum absolute atomic E-state index is 0.339. The molecule has 1 aromatic rings. The van der Waals surface area contributed by atoms with Gasteiger partial charge in [0.1, 0.15) is 18.1 Å². The van der Waals surface area contributed by atoms with Crippen LogP contribution in [0.2, 0.25) is 0 Å². The van der Waals surface area contributed by atoms with Crippen molar-refractivity contribution in [1.29, 1.82) is 0 Å². The number of unbranched alkanes of at least 4 members (excludes halogenated alkanes) is 2. The number of benzene rings is 1. The van der Waals surface area contributed by atoms with Crippen LogP contribution in [-0.2, 0) is 12.8 Å². The number of hydrogen-bond acceptors (Lipinski definition) is 2. The first kappa shape index (κ1) is 22.1. The van der Waals surface area contributed by atoms with Crippen LogP contribution in [0.15, 0.2) is 48.1 Å². The summed E-state index contributed by atoms with van der Waals surface area (Å²) in [5, 5.41) is 10.5. The van der Waals surface area contributed by atoms with Crippen LogP contribution in [0.4, 0.5) is 0 Å². The highest BCUT2D eigenvalue weighted by atomic mass is 16.5. The molecular weight excluding hydrogens is 320 g/mol. The first-order valence-corrected chi connectivity index (χ1v) is 9.85. The molecule has 0 spiro atoms. The van der Waals surface area contributed by atoms with Crippen LogP contribution in [0.5, 0.6) is 11.5 Å². The summed E-state index contributed by atoms with van der Waals surface area (Å²) in [6.07, 6.45) is 13.5. The molecule has 1 N–H and O–H groups in total. The van der Waals surface area contributed by atoms with Gasteiger partial charge in [-0.1, -0.05) is 55.7 Å². The molecular formula is C24H36O2. The molecule has 0 amide bonds. The summed E-state index contributed by atoms with van der Waals surface area (Å²) in [6.45, 7) is 12.8. The lowest BCUT2D eigenvalue weighted by Gasteiger charge is -2.14. The minimum Gasteiger partial charge on any atom is -0.508 e. The van der Waals surface area contributed by atoms with Gasteiger partial charge in [-0.05, 0) is 70.6 Å². The molecule has 0 heterocycles. The van der Waals surface area contributed by atoms with Gasteiger partial charge < -0.3 is 9.84 Å². The van der Waals surface area contributed by atoms with Gasteiger partial charge in [-0.15, -0.1) is 0 Å². The quantitative estimate of drug-likeness (QED) is 0.325. The van der Waals surface area contributed by atoms with Crippen LogP contribution in [0, 0.1) is 0 Å². The number of phenols is 1. The highest BCUT2D eigenvalue weighted by Crippen LogP contribution is 2.32. The van der Waals surface area contributed by atoms with Crippen molar-refractivity contribution in [3.63, 3.8) is 0 Å². The van der Waals surface area contributed by atoms with E-state index in [9.17, 15) is 5.11 Å². The smallest absolute Gasteiger partial charge is 0.127 e. The summed E-state index contributed by atoms with van der Waals surface area (Å²) in [6, 6.07) is 3.98. The predicted octanol–water partition coefficient (Wildman–Crippen LogP) is 6.92. The van der Waals surface area contributed by atoms with E-state index >= 15 is 0 Å². The number of rotatable bonds is 12. The summed E-state index contributed by atoms with van der Waals surface area (Å²) in [5.74, 6) is 1.12. The molecule has 1 aromatic carbocycles. The Morgan fingerprint density at radius 2 is 1.92 bits per heavy atom. The Bertz CT molecular complexity index is 619. The van der Waals surface area contributed by atoms with Crippen molar-refractivity contribution in [2.75, 3.05) is 6.61 Å². The highest BCUT2D eigenvalue weighted by Gasteiger charge is 2.11. The Hall–Kier alpha value is -1.96. The molecule has 0 aliphatic rings. The third-order valence-electron chi connectivity index (χ3n) is 4.42. The van der Waals surface area contributed by atoms with Gasteiger partial charge in [-0.3, -0.25) is 0 Å². The number of hydrogen-bond donors (Lipinski definition) is 1. The maximum atomic E-state index is 10.5. The van der Waals surface area contributed by atoms with Gasteiger partial charge in [0, 0.05) is 5.56 Å². The van der Waals surface area contributed by atoms with Crippen molar-refractivity contribution in [2.45, 2.75) is 72.6 Å². The van der Waals surface area contributed by atoms with Crippen molar-refractivity contribution in [1.82, 2.24) is 0 Å². The summed E-state index contributed by atoms with van der Waals surface area (Å²) >= 11 is 0. The van der Waals surface area contributed by atoms with Gasteiger partial charge in [0.2, 0.25) is 0 Å². The first-order chi connectivity index (χ1) is 12.5. The van der Waals surface area contributed by atoms with Gasteiger partial charge in [0.15, 0.2) is 0 Å². The molecule has 26 heavy (non-hydrogen) atoms.